The molecule has 3 N–H and O–H groups in total. The molecule has 29 heavy (non-hydrogen) atoms. The average molecular weight is 419 g/mol. The highest BCUT2D eigenvalue weighted by atomic mass is 32.2. The molecule has 6 nitrogen and oxygen atoms in total. The molecule has 3 aromatic rings. The molecule has 0 amide bonds. The van der Waals surface area contributed by atoms with Gasteiger partial charge in [0.15, 0.2) is 11.6 Å². The lowest BCUT2D eigenvalue weighted by Gasteiger charge is -2.13. The van der Waals surface area contributed by atoms with Crippen LogP contribution in [0.5, 0.6) is 0 Å². The summed E-state index contributed by atoms with van der Waals surface area (Å²) < 4.78 is 53.1. The molecule has 2 aromatic carbocycles. The van der Waals surface area contributed by atoms with Gasteiger partial charge in [-0.3, -0.25) is 4.72 Å². The zero-order chi connectivity index (χ0) is 20.9. The molecular formula is C20H19F2N3O3S. The quantitative estimate of drug-likeness (QED) is 0.522. The van der Waals surface area contributed by atoms with E-state index < -0.39 is 27.8 Å². The average Bonchev–Trinajstić information content (AvgIpc) is 2.70. The van der Waals surface area contributed by atoms with Crippen molar-refractivity contribution in [3.8, 4) is 0 Å². The summed E-state index contributed by atoms with van der Waals surface area (Å²) in [4.78, 5) is 3.88. The van der Waals surface area contributed by atoms with Crippen LogP contribution in [0.1, 0.15) is 5.56 Å². The van der Waals surface area contributed by atoms with Crippen LogP contribution >= 0.6 is 0 Å². The molecule has 0 spiro atoms. The summed E-state index contributed by atoms with van der Waals surface area (Å²) in [5.41, 5.74) is 0.898. The van der Waals surface area contributed by atoms with Crippen molar-refractivity contribution >= 4 is 21.5 Å². The lowest BCUT2D eigenvalue weighted by molar-refractivity contribution is 0.188. The second-order valence-corrected chi connectivity index (χ2v) is 8.02. The molecule has 1 aromatic heterocycles. The minimum atomic E-state index is -4.01. The maximum Gasteiger partial charge on any atom is 0.263 e. The number of pyridine rings is 1. The highest BCUT2D eigenvalue weighted by Gasteiger charge is 2.16. The molecule has 3 rings (SSSR count). The summed E-state index contributed by atoms with van der Waals surface area (Å²) in [6.45, 7) is 0.237. The molecule has 1 atom stereocenters. The Morgan fingerprint density at radius 1 is 1.00 bits per heavy atom. The van der Waals surface area contributed by atoms with E-state index >= 15 is 0 Å². The van der Waals surface area contributed by atoms with E-state index in [4.69, 9.17) is 0 Å². The van der Waals surface area contributed by atoms with Crippen LogP contribution in [0.15, 0.2) is 71.8 Å². The topological polar surface area (TPSA) is 91.3 Å². The summed E-state index contributed by atoms with van der Waals surface area (Å²) in [6.07, 6.45) is 0.963. The third-order valence-corrected chi connectivity index (χ3v) is 5.42. The number of anilines is 2. The number of benzene rings is 2. The number of hydrogen-bond acceptors (Lipinski definition) is 5. The molecule has 0 saturated carbocycles. The first-order chi connectivity index (χ1) is 13.8. The molecule has 0 saturated heterocycles. The third kappa shape index (κ3) is 5.72. The summed E-state index contributed by atoms with van der Waals surface area (Å²) in [7, 11) is -4.01. The van der Waals surface area contributed by atoms with E-state index in [1.807, 2.05) is 30.3 Å². The van der Waals surface area contributed by atoms with Gasteiger partial charge in [-0.1, -0.05) is 30.3 Å². The Morgan fingerprint density at radius 2 is 1.76 bits per heavy atom. The van der Waals surface area contributed by atoms with Gasteiger partial charge in [0.05, 0.1) is 11.8 Å². The zero-order valence-electron chi connectivity index (χ0n) is 15.2. The van der Waals surface area contributed by atoms with Crippen LogP contribution in [0.25, 0.3) is 0 Å². The SMILES string of the molecule is O=S(=O)(Nc1ccc(F)c(F)c1)c1ccc(NCC(O)Cc2ccccc2)nc1. The lowest BCUT2D eigenvalue weighted by atomic mass is 10.1. The van der Waals surface area contributed by atoms with E-state index in [1.54, 1.807) is 0 Å². The van der Waals surface area contributed by atoms with Crippen LogP contribution in [0.4, 0.5) is 20.3 Å². The summed E-state index contributed by atoms with van der Waals surface area (Å²) in [6, 6.07) is 15.0. The minimum absolute atomic E-state index is 0.102. The second-order valence-electron chi connectivity index (χ2n) is 6.34. The summed E-state index contributed by atoms with van der Waals surface area (Å²) in [5, 5.41) is 13.0. The molecular weight excluding hydrogens is 400 g/mol. The van der Waals surface area contributed by atoms with Crippen molar-refractivity contribution < 1.29 is 22.3 Å². The molecule has 0 radical (unpaired) electrons. The Labute approximate surface area is 167 Å². The first-order valence-corrected chi connectivity index (χ1v) is 10.2. The molecule has 1 heterocycles. The normalized spacial score (nSPS) is 12.4. The van der Waals surface area contributed by atoms with Crippen LogP contribution in [0, 0.1) is 11.6 Å². The van der Waals surface area contributed by atoms with Crippen molar-refractivity contribution in [1.82, 2.24) is 4.98 Å². The number of aromatic nitrogens is 1. The van der Waals surface area contributed by atoms with Gasteiger partial charge in [0.2, 0.25) is 0 Å². The minimum Gasteiger partial charge on any atom is -0.391 e. The van der Waals surface area contributed by atoms with E-state index in [0.29, 0.717) is 12.2 Å². The van der Waals surface area contributed by atoms with Gasteiger partial charge in [0, 0.05) is 25.2 Å². The predicted molar refractivity (Wildman–Crippen MR) is 106 cm³/mol. The van der Waals surface area contributed by atoms with Gasteiger partial charge >= 0.3 is 0 Å². The number of halogens is 2. The van der Waals surface area contributed by atoms with Crippen molar-refractivity contribution in [3.05, 3.63) is 84.1 Å². The second kappa shape index (κ2) is 8.97. The van der Waals surface area contributed by atoms with Crippen molar-refractivity contribution in [2.45, 2.75) is 17.4 Å². The predicted octanol–water partition coefficient (Wildman–Crippen LogP) is 3.18. The van der Waals surface area contributed by atoms with Gasteiger partial charge in [-0.25, -0.2) is 22.2 Å². The highest BCUT2D eigenvalue weighted by Crippen LogP contribution is 2.19. The Kier molecular flexibility index (Phi) is 6.40. The maximum atomic E-state index is 13.2. The van der Waals surface area contributed by atoms with Crippen LogP contribution < -0.4 is 10.0 Å². The first kappa shape index (κ1) is 20.7. The van der Waals surface area contributed by atoms with Gasteiger partial charge in [-0.05, 0) is 29.8 Å². The molecule has 0 bridgehead atoms. The monoisotopic (exact) mass is 419 g/mol. The largest absolute Gasteiger partial charge is 0.391 e. The van der Waals surface area contributed by atoms with Crippen molar-refractivity contribution in [2.24, 2.45) is 0 Å². The number of aliphatic hydroxyl groups excluding tert-OH is 1. The number of nitrogens with one attached hydrogen (secondary N) is 2. The number of rotatable bonds is 8. The van der Waals surface area contributed by atoms with Crippen molar-refractivity contribution in [2.75, 3.05) is 16.6 Å². The lowest BCUT2D eigenvalue weighted by Crippen LogP contribution is -2.22. The molecule has 152 valence electrons. The number of hydrogen-bond donors (Lipinski definition) is 3. The fraction of sp³-hybridized carbons (Fsp3) is 0.150. The van der Waals surface area contributed by atoms with Gasteiger partial charge in [-0.2, -0.15) is 0 Å². The number of sulfonamides is 1. The molecule has 0 aliphatic carbocycles. The Morgan fingerprint density at radius 3 is 2.41 bits per heavy atom. The van der Waals surface area contributed by atoms with Crippen molar-refractivity contribution in [3.63, 3.8) is 0 Å². The zero-order valence-corrected chi connectivity index (χ0v) is 16.0. The van der Waals surface area contributed by atoms with E-state index in [1.165, 1.54) is 12.1 Å². The van der Waals surface area contributed by atoms with E-state index in [-0.39, 0.29) is 17.1 Å². The maximum absolute atomic E-state index is 13.2. The summed E-state index contributed by atoms with van der Waals surface area (Å²) >= 11 is 0. The van der Waals surface area contributed by atoms with Crippen LogP contribution in [0.3, 0.4) is 0 Å². The van der Waals surface area contributed by atoms with Gasteiger partial charge < -0.3 is 10.4 Å². The highest BCUT2D eigenvalue weighted by molar-refractivity contribution is 7.92. The summed E-state index contributed by atoms with van der Waals surface area (Å²) in [5.74, 6) is -1.83. The van der Waals surface area contributed by atoms with Gasteiger partial charge in [-0.15, -0.1) is 0 Å². The van der Waals surface area contributed by atoms with Crippen LogP contribution in [0.2, 0.25) is 0 Å². The number of nitrogens with zero attached hydrogens (tertiary/aromatic N) is 1. The Bertz CT molecular complexity index is 1060. The van der Waals surface area contributed by atoms with Crippen LogP contribution in [-0.2, 0) is 16.4 Å². The molecule has 0 aliphatic heterocycles. The smallest absolute Gasteiger partial charge is 0.263 e. The molecule has 1 unspecified atom stereocenters. The fourth-order valence-corrected chi connectivity index (χ4v) is 3.59. The third-order valence-electron chi connectivity index (χ3n) is 4.05. The van der Waals surface area contributed by atoms with E-state index in [0.717, 1.165) is 30.0 Å². The van der Waals surface area contributed by atoms with E-state index in [2.05, 4.69) is 15.0 Å². The van der Waals surface area contributed by atoms with Gasteiger partial charge in [0.25, 0.3) is 10.0 Å². The van der Waals surface area contributed by atoms with Crippen molar-refractivity contribution in [1.29, 1.82) is 0 Å². The van der Waals surface area contributed by atoms with Crippen LogP contribution in [-0.4, -0.2) is 31.2 Å². The molecule has 0 fully saturated rings. The Hall–Kier alpha value is -3.04. The standard InChI is InChI=1S/C20H19F2N3O3S/c21-18-8-6-15(11-19(18)22)25-29(27,28)17-7-9-20(24-13-17)23-12-16(26)10-14-4-2-1-3-5-14/h1-9,11,13,16,25-26H,10,12H2,(H,23,24). The molecule has 0 aliphatic rings. The van der Waals surface area contributed by atoms with E-state index in [9.17, 15) is 22.3 Å². The van der Waals surface area contributed by atoms with Gasteiger partial charge in [0.1, 0.15) is 10.7 Å². The Balaban J connectivity index is 1.59. The molecule has 9 heteroatoms. The first-order valence-electron chi connectivity index (χ1n) is 8.73. The fourth-order valence-electron chi connectivity index (χ4n) is 2.60. The number of aliphatic hydroxyl groups is 1.